The first-order valence-corrected chi connectivity index (χ1v) is 23.4. The van der Waals surface area contributed by atoms with Crippen LogP contribution >= 0.6 is 0 Å². The average molecular weight is 959 g/mol. The third kappa shape index (κ3) is 10.6. The fourth-order valence-corrected chi connectivity index (χ4v) is 11.2. The number of hydrogen-bond donors (Lipinski definition) is 3. The van der Waals surface area contributed by atoms with Crippen LogP contribution in [0.3, 0.4) is 0 Å². The van der Waals surface area contributed by atoms with Crippen molar-refractivity contribution in [2.45, 2.75) is 147 Å². The van der Waals surface area contributed by atoms with Crippen LogP contribution in [0.25, 0.3) is 0 Å². The first-order chi connectivity index (χ1) is 31.6. The number of nitrogens with zero attached hydrogens (tertiary/aromatic N) is 2. The quantitative estimate of drug-likeness (QED) is 0.0980. The van der Waals surface area contributed by atoms with Crippen LogP contribution in [0.2, 0.25) is 0 Å². The molecule has 2 aliphatic carbocycles. The largest absolute Gasteiger partial charge is 0.416 e. The molecule has 0 bridgehead atoms. The zero-order valence-corrected chi connectivity index (χ0v) is 38.3. The number of nitrogens with one attached hydrogen (secondary N) is 2. The van der Waals surface area contributed by atoms with Gasteiger partial charge in [-0.05, 0) is 111 Å². The van der Waals surface area contributed by atoms with Gasteiger partial charge in [-0.1, -0.05) is 39.8 Å². The lowest BCUT2D eigenvalue weighted by molar-refractivity contribution is -0.316. The van der Waals surface area contributed by atoms with E-state index in [1.165, 1.54) is 17.0 Å². The Balaban J connectivity index is 0.000000199. The van der Waals surface area contributed by atoms with Crippen molar-refractivity contribution in [1.82, 2.24) is 20.4 Å². The summed E-state index contributed by atoms with van der Waals surface area (Å²) in [4.78, 5) is 47.9. The molecule has 4 fully saturated rings. The smallest absolute Gasteiger partial charge is 0.378 e. The van der Waals surface area contributed by atoms with E-state index in [1.807, 2.05) is 27.7 Å². The third-order valence-corrected chi connectivity index (χ3v) is 15.4. The molecule has 2 saturated heterocycles. The molecule has 4 aliphatic heterocycles. The van der Waals surface area contributed by atoms with Crippen LogP contribution in [0.15, 0.2) is 36.4 Å². The maximum absolute atomic E-state index is 14.3. The van der Waals surface area contributed by atoms with Crippen LogP contribution in [0.1, 0.15) is 123 Å². The number of rotatable bonds is 9. The second-order valence-corrected chi connectivity index (χ2v) is 19.8. The molecular formula is C48H62F8N4O7. The number of benzene rings is 2. The molecule has 3 amide bonds. The molecule has 0 radical (unpaired) electrons. The lowest BCUT2D eigenvalue weighted by Gasteiger charge is -2.42. The van der Waals surface area contributed by atoms with Crippen LogP contribution in [-0.4, -0.2) is 109 Å². The lowest BCUT2D eigenvalue weighted by Crippen LogP contribution is -2.52. The Labute approximate surface area is 385 Å². The second kappa shape index (κ2) is 20.3. The summed E-state index contributed by atoms with van der Waals surface area (Å²) in [6, 6.07) is 5.70. The Bertz CT molecular complexity index is 2110. The molecule has 67 heavy (non-hydrogen) atoms. The van der Waals surface area contributed by atoms with Crippen molar-refractivity contribution in [2.24, 2.45) is 22.7 Å². The first-order valence-electron chi connectivity index (χ1n) is 23.4. The van der Waals surface area contributed by atoms with E-state index in [9.17, 15) is 54.8 Å². The van der Waals surface area contributed by atoms with E-state index in [-0.39, 0.29) is 85.2 Å². The number of amides is 3. The molecule has 2 saturated carbocycles. The van der Waals surface area contributed by atoms with Gasteiger partial charge in [0.2, 0.25) is 11.8 Å². The fourth-order valence-electron chi connectivity index (χ4n) is 11.2. The standard InChI is InChI=1S/C24H32F4N2O4.C24H30F4N2O3/c1-14(2)23(8-5-17(12-23)29-20-7-10-33-13-19(20)25)22(31)30-9-6-15-3-4-16(24(26,27)28)11-18(15)21(30)34-32;1-14(2)23(8-5-17(12-23)29-20-7-10-33-13-19(20)25)22(32)30-9-6-15-3-4-16(24(26,27)28)11-18(15)21(30)31/h3-4,11,14,17,19-21,29,32H,5-10,12-13H2,1-2H3;3-4,11,14,17,19-20,29H,5-10,12-13H2,1-2H3/t17-,19?,20?,21?,23+;17-,19?,20?,23+/m11/s1. The summed E-state index contributed by atoms with van der Waals surface area (Å²) >= 11 is 0. The van der Waals surface area contributed by atoms with Gasteiger partial charge in [0.1, 0.15) is 12.3 Å². The minimum atomic E-state index is -4.57. The normalized spacial score (nSPS) is 31.4. The molecule has 0 spiro atoms. The average Bonchev–Trinajstić information content (AvgIpc) is 3.93. The van der Waals surface area contributed by atoms with Gasteiger partial charge in [0.05, 0.1) is 35.2 Å². The van der Waals surface area contributed by atoms with Gasteiger partial charge in [-0.15, -0.1) is 0 Å². The molecule has 2 aromatic rings. The van der Waals surface area contributed by atoms with Crippen LogP contribution in [0.5, 0.6) is 0 Å². The van der Waals surface area contributed by atoms with E-state index in [0.717, 1.165) is 29.2 Å². The molecule has 372 valence electrons. The van der Waals surface area contributed by atoms with Crippen molar-refractivity contribution in [3.63, 3.8) is 0 Å². The fraction of sp³-hybridized carbons (Fsp3) is 0.688. The van der Waals surface area contributed by atoms with Gasteiger partial charge in [0.25, 0.3) is 5.91 Å². The molecule has 19 heteroatoms. The van der Waals surface area contributed by atoms with E-state index < -0.39 is 58.8 Å². The van der Waals surface area contributed by atoms with Gasteiger partial charge in [0, 0.05) is 61.6 Å². The molecule has 8 rings (SSSR count). The summed E-state index contributed by atoms with van der Waals surface area (Å²) in [6.07, 6.45) is -7.43. The Hall–Kier alpha value is -3.75. The number of ether oxygens (including phenoxy) is 2. The molecule has 11 nitrogen and oxygen atoms in total. The molecule has 5 unspecified atom stereocenters. The minimum Gasteiger partial charge on any atom is -0.378 e. The van der Waals surface area contributed by atoms with Crippen molar-refractivity contribution in [1.29, 1.82) is 0 Å². The number of carbonyl (C=O) groups is 3. The third-order valence-electron chi connectivity index (χ3n) is 15.4. The van der Waals surface area contributed by atoms with E-state index in [4.69, 9.17) is 9.47 Å². The van der Waals surface area contributed by atoms with Gasteiger partial charge >= 0.3 is 12.4 Å². The predicted molar refractivity (Wildman–Crippen MR) is 229 cm³/mol. The Kier molecular flexibility index (Phi) is 15.5. The number of fused-ring (bicyclic) bond motifs is 2. The molecular weight excluding hydrogens is 897 g/mol. The SMILES string of the molecule is CC(C)[C@]1(C(=O)N2CCc3ccc(C(F)(F)F)cc3C2=O)CC[C@@H](NC2CCOCC2F)C1.CC(C)[C@]1(C(=O)N2CCc3ccc(C(F)(F)F)cc3C2OO)CC[C@@H](NC2CCOCC2F)C1. The van der Waals surface area contributed by atoms with Crippen LogP contribution in [0, 0.1) is 22.7 Å². The van der Waals surface area contributed by atoms with Crippen LogP contribution in [-0.2, 0) is 49.1 Å². The van der Waals surface area contributed by atoms with Crippen molar-refractivity contribution in [3.05, 3.63) is 69.8 Å². The Morgan fingerprint density at radius 3 is 1.72 bits per heavy atom. The Morgan fingerprint density at radius 1 is 0.731 bits per heavy atom. The summed E-state index contributed by atoms with van der Waals surface area (Å²) in [7, 11) is 0. The monoisotopic (exact) mass is 958 g/mol. The molecule has 4 heterocycles. The first kappa shape index (κ1) is 51.1. The summed E-state index contributed by atoms with van der Waals surface area (Å²) < 4.78 is 118. The van der Waals surface area contributed by atoms with E-state index in [2.05, 4.69) is 15.5 Å². The number of alkyl halides is 8. The lowest BCUT2D eigenvalue weighted by atomic mass is 9.73. The van der Waals surface area contributed by atoms with Crippen molar-refractivity contribution < 1.29 is 69.1 Å². The second-order valence-electron chi connectivity index (χ2n) is 19.8. The van der Waals surface area contributed by atoms with Gasteiger partial charge in [0.15, 0.2) is 6.23 Å². The van der Waals surface area contributed by atoms with E-state index in [1.54, 1.807) is 0 Å². The summed E-state index contributed by atoms with van der Waals surface area (Å²) in [6.45, 7) is 9.20. The predicted octanol–water partition coefficient (Wildman–Crippen LogP) is 8.63. The molecule has 3 N–H and O–H groups in total. The van der Waals surface area contributed by atoms with Crippen molar-refractivity contribution in [2.75, 3.05) is 39.5 Å². The molecule has 0 aromatic heterocycles. The maximum atomic E-state index is 14.3. The summed E-state index contributed by atoms with van der Waals surface area (Å²) in [5.74, 6) is -1.40. The maximum Gasteiger partial charge on any atom is 0.416 e. The molecule has 2 aromatic carbocycles. The van der Waals surface area contributed by atoms with Crippen LogP contribution < -0.4 is 10.6 Å². The highest BCUT2D eigenvalue weighted by atomic mass is 19.4. The van der Waals surface area contributed by atoms with Crippen LogP contribution in [0.4, 0.5) is 35.1 Å². The minimum absolute atomic E-state index is 0.0558. The zero-order valence-electron chi connectivity index (χ0n) is 38.3. The number of imide groups is 1. The van der Waals surface area contributed by atoms with Gasteiger partial charge in [-0.2, -0.15) is 26.3 Å². The van der Waals surface area contributed by atoms with E-state index >= 15 is 0 Å². The highest BCUT2D eigenvalue weighted by molar-refractivity contribution is 6.08. The van der Waals surface area contributed by atoms with Crippen molar-refractivity contribution in [3.8, 4) is 0 Å². The molecule has 6 aliphatic rings. The summed E-state index contributed by atoms with van der Waals surface area (Å²) in [5, 5.41) is 16.4. The zero-order chi connectivity index (χ0) is 48.6. The number of carbonyl (C=O) groups excluding carboxylic acids is 3. The van der Waals surface area contributed by atoms with Gasteiger partial charge in [-0.25, -0.2) is 18.9 Å². The number of hydrogen-bond acceptors (Lipinski definition) is 9. The van der Waals surface area contributed by atoms with E-state index in [0.29, 0.717) is 88.5 Å². The Morgan fingerprint density at radius 2 is 1.22 bits per heavy atom. The summed E-state index contributed by atoms with van der Waals surface area (Å²) in [5.41, 5.74) is -2.14. The van der Waals surface area contributed by atoms with Gasteiger partial charge < -0.3 is 25.0 Å². The number of halogens is 8. The molecule has 9 atom stereocenters. The van der Waals surface area contributed by atoms with Crippen molar-refractivity contribution >= 4 is 17.7 Å². The van der Waals surface area contributed by atoms with Gasteiger partial charge in [-0.3, -0.25) is 19.3 Å². The topological polar surface area (TPSA) is 130 Å². The highest BCUT2D eigenvalue weighted by Gasteiger charge is 2.53. The highest BCUT2D eigenvalue weighted by Crippen LogP contribution is 2.49.